The second-order valence-electron chi connectivity index (χ2n) is 7.83. The van der Waals surface area contributed by atoms with Crippen LogP contribution in [-0.2, 0) is 13.2 Å². The van der Waals surface area contributed by atoms with Crippen LogP contribution >= 0.6 is 11.6 Å². The lowest BCUT2D eigenvalue weighted by atomic mass is 10.1. The number of carbonyl (C=O) groups excluding carboxylic acids is 1. The van der Waals surface area contributed by atoms with Gasteiger partial charge in [0, 0.05) is 17.3 Å². The monoisotopic (exact) mass is 463 g/mol. The molecule has 0 aliphatic rings. The van der Waals surface area contributed by atoms with Crippen molar-refractivity contribution in [2.45, 2.75) is 27.0 Å². The molecule has 0 atom stereocenters. The summed E-state index contributed by atoms with van der Waals surface area (Å²) >= 11 is 6.25. The molecule has 1 aromatic heterocycles. The Balaban J connectivity index is 1.43. The third-order valence-electron chi connectivity index (χ3n) is 5.17. The highest BCUT2D eigenvalue weighted by molar-refractivity contribution is 6.33. The number of aryl methyl sites for hydroxylation is 2. The van der Waals surface area contributed by atoms with E-state index in [1.54, 1.807) is 42.6 Å². The minimum Gasteiger partial charge on any atom is -0.489 e. The van der Waals surface area contributed by atoms with E-state index in [0.29, 0.717) is 17.7 Å². The summed E-state index contributed by atoms with van der Waals surface area (Å²) in [5.41, 5.74) is 3.97. The van der Waals surface area contributed by atoms with E-state index >= 15 is 0 Å². The van der Waals surface area contributed by atoms with Crippen LogP contribution < -0.4 is 10.1 Å². The summed E-state index contributed by atoms with van der Waals surface area (Å²) in [5, 5.41) is 7.29. The van der Waals surface area contributed by atoms with Gasteiger partial charge in [-0.25, -0.2) is 4.39 Å². The molecule has 0 fully saturated rings. The summed E-state index contributed by atoms with van der Waals surface area (Å²) in [5.74, 6) is 0.364. The largest absolute Gasteiger partial charge is 0.489 e. The predicted octanol–water partition coefficient (Wildman–Crippen LogP) is 6.17. The second-order valence-corrected chi connectivity index (χ2v) is 8.23. The maximum Gasteiger partial charge on any atom is 0.256 e. The molecule has 1 heterocycles. The van der Waals surface area contributed by atoms with Crippen LogP contribution in [-0.4, -0.2) is 15.7 Å². The molecule has 1 N–H and O–H groups in total. The number of ether oxygens (including phenoxy) is 1. The highest BCUT2D eigenvalue weighted by Gasteiger charge is 2.14. The summed E-state index contributed by atoms with van der Waals surface area (Å²) in [6, 6.07) is 19.7. The number of rotatable bonds is 7. The minimum atomic E-state index is -0.346. The third-order valence-corrected chi connectivity index (χ3v) is 5.44. The topological polar surface area (TPSA) is 56.1 Å². The number of halogens is 2. The zero-order chi connectivity index (χ0) is 23.4. The number of anilines is 1. The standard InChI is InChI=1S/C26H23ClFN3O2/c1-17-10-11-18(2)24(12-17)33-16-19-6-5-8-20(13-19)26(32)29-25-22(27)15-31(30-25)14-21-7-3-4-9-23(21)28/h3-13,15H,14,16H2,1-2H3,(H,29,30,32). The zero-order valence-electron chi connectivity index (χ0n) is 18.3. The first-order chi connectivity index (χ1) is 15.9. The Bertz CT molecular complexity index is 1300. The number of nitrogens with zero attached hydrogens (tertiary/aromatic N) is 2. The van der Waals surface area contributed by atoms with Gasteiger partial charge in [-0.1, -0.05) is 54.1 Å². The van der Waals surface area contributed by atoms with Crippen LogP contribution in [0.5, 0.6) is 5.75 Å². The van der Waals surface area contributed by atoms with Crippen molar-refractivity contribution in [2.24, 2.45) is 0 Å². The van der Waals surface area contributed by atoms with Gasteiger partial charge in [0.1, 0.15) is 23.2 Å². The van der Waals surface area contributed by atoms with Crippen LogP contribution in [0.2, 0.25) is 5.02 Å². The fraction of sp³-hybridized carbons (Fsp3) is 0.154. The molecule has 168 valence electrons. The van der Waals surface area contributed by atoms with Crippen LogP contribution in [0.1, 0.15) is 32.6 Å². The average molecular weight is 464 g/mol. The van der Waals surface area contributed by atoms with E-state index in [2.05, 4.69) is 10.4 Å². The molecule has 0 saturated heterocycles. The number of nitrogens with one attached hydrogen (secondary N) is 1. The van der Waals surface area contributed by atoms with E-state index in [1.807, 2.05) is 38.1 Å². The van der Waals surface area contributed by atoms with Crippen molar-refractivity contribution in [3.05, 3.63) is 112 Å². The first-order valence-electron chi connectivity index (χ1n) is 10.5. The molecule has 0 bridgehead atoms. The summed E-state index contributed by atoms with van der Waals surface area (Å²) in [4.78, 5) is 12.8. The van der Waals surface area contributed by atoms with Gasteiger partial charge in [0.25, 0.3) is 5.91 Å². The molecule has 0 spiro atoms. The van der Waals surface area contributed by atoms with E-state index in [-0.39, 0.29) is 29.1 Å². The van der Waals surface area contributed by atoms with Gasteiger partial charge in [-0.15, -0.1) is 0 Å². The van der Waals surface area contributed by atoms with Crippen LogP contribution in [0.15, 0.2) is 72.9 Å². The number of aromatic nitrogens is 2. The number of hydrogen-bond acceptors (Lipinski definition) is 3. The van der Waals surface area contributed by atoms with Gasteiger partial charge in [-0.05, 0) is 54.8 Å². The molecule has 0 unspecified atom stereocenters. The lowest BCUT2D eigenvalue weighted by molar-refractivity contribution is 0.102. The highest BCUT2D eigenvalue weighted by Crippen LogP contribution is 2.23. The van der Waals surface area contributed by atoms with Crippen LogP contribution in [0.4, 0.5) is 10.2 Å². The van der Waals surface area contributed by atoms with Gasteiger partial charge in [0.2, 0.25) is 0 Å². The highest BCUT2D eigenvalue weighted by atomic mass is 35.5. The molecule has 7 heteroatoms. The normalized spacial score (nSPS) is 10.8. The molecule has 0 saturated carbocycles. The molecule has 4 aromatic rings. The summed E-state index contributed by atoms with van der Waals surface area (Å²) in [7, 11) is 0. The van der Waals surface area contributed by atoms with Gasteiger partial charge in [-0.2, -0.15) is 5.10 Å². The Hall–Kier alpha value is -3.64. The molecule has 1 amide bonds. The summed E-state index contributed by atoms with van der Waals surface area (Å²) < 4.78 is 21.3. The van der Waals surface area contributed by atoms with E-state index in [1.165, 1.54) is 10.7 Å². The Labute approximate surface area is 196 Å². The first kappa shape index (κ1) is 22.6. The van der Waals surface area contributed by atoms with Crippen LogP contribution in [0, 0.1) is 19.7 Å². The van der Waals surface area contributed by atoms with Crippen molar-refractivity contribution < 1.29 is 13.9 Å². The first-order valence-corrected chi connectivity index (χ1v) is 10.8. The van der Waals surface area contributed by atoms with E-state index < -0.39 is 0 Å². The zero-order valence-corrected chi connectivity index (χ0v) is 19.1. The van der Waals surface area contributed by atoms with Gasteiger partial charge >= 0.3 is 0 Å². The summed E-state index contributed by atoms with van der Waals surface area (Å²) in [6.45, 7) is 4.55. The van der Waals surface area contributed by atoms with E-state index in [9.17, 15) is 9.18 Å². The Morgan fingerprint density at radius 1 is 1.09 bits per heavy atom. The van der Waals surface area contributed by atoms with Crippen molar-refractivity contribution >= 4 is 23.3 Å². The van der Waals surface area contributed by atoms with Gasteiger partial charge in [0.05, 0.1) is 6.54 Å². The quantitative estimate of drug-likeness (QED) is 0.356. The van der Waals surface area contributed by atoms with Crippen molar-refractivity contribution in [3.63, 3.8) is 0 Å². The summed E-state index contributed by atoms with van der Waals surface area (Å²) in [6.07, 6.45) is 1.55. The fourth-order valence-corrected chi connectivity index (χ4v) is 3.57. The smallest absolute Gasteiger partial charge is 0.256 e. The number of carbonyl (C=O) groups is 1. The van der Waals surface area contributed by atoms with E-state index in [4.69, 9.17) is 16.3 Å². The van der Waals surface area contributed by atoms with Crippen LogP contribution in [0.25, 0.3) is 0 Å². The molecule has 0 aliphatic heterocycles. The van der Waals surface area contributed by atoms with Crippen molar-refractivity contribution in [2.75, 3.05) is 5.32 Å². The van der Waals surface area contributed by atoms with Gasteiger partial charge in [-0.3, -0.25) is 9.48 Å². The molecule has 4 rings (SSSR count). The number of amides is 1. The molecule has 0 radical (unpaired) electrons. The lowest BCUT2D eigenvalue weighted by Gasteiger charge is -2.11. The van der Waals surface area contributed by atoms with Crippen LogP contribution in [0.3, 0.4) is 0 Å². The molecule has 33 heavy (non-hydrogen) atoms. The fourth-order valence-electron chi connectivity index (χ4n) is 3.37. The second kappa shape index (κ2) is 9.88. The molecule has 5 nitrogen and oxygen atoms in total. The van der Waals surface area contributed by atoms with Crippen molar-refractivity contribution in [3.8, 4) is 5.75 Å². The predicted molar refractivity (Wildman–Crippen MR) is 127 cm³/mol. The molecular weight excluding hydrogens is 441 g/mol. The average Bonchev–Trinajstić information content (AvgIpc) is 3.14. The Morgan fingerprint density at radius 2 is 1.91 bits per heavy atom. The third kappa shape index (κ3) is 5.59. The number of benzene rings is 3. The maximum atomic E-state index is 13.9. The Morgan fingerprint density at radius 3 is 2.73 bits per heavy atom. The molecular formula is C26H23ClFN3O2. The van der Waals surface area contributed by atoms with Crippen molar-refractivity contribution in [1.82, 2.24) is 9.78 Å². The maximum absolute atomic E-state index is 13.9. The minimum absolute atomic E-state index is 0.202. The van der Waals surface area contributed by atoms with E-state index in [0.717, 1.165) is 22.4 Å². The van der Waals surface area contributed by atoms with Gasteiger partial charge < -0.3 is 10.1 Å². The molecule has 0 aliphatic carbocycles. The molecule has 3 aromatic carbocycles. The van der Waals surface area contributed by atoms with Crippen molar-refractivity contribution in [1.29, 1.82) is 0 Å². The lowest BCUT2D eigenvalue weighted by Crippen LogP contribution is -2.13. The van der Waals surface area contributed by atoms with Gasteiger partial charge in [0.15, 0.2) is 5.82 Å². The Kier molecular flexibility index (Phi) is 6.75. The SMILES string of the molecule is Cc1ccc(C)c(OCc2cccc(C(=O)Nc3nn(Cc4ccccc4F)cc3Cl)c2)c1. The number of hydrogen-bond donors (Lipinski definition) is 1.